The van der Waals surface area contributed by atoms with Crippen molar-refractivity contribution in [3.63, 3.8) is 0 Å². The number of nitro groups is 1. The summed E-state index contributed by atoms with van der Waals surface area (Å²) < 4.78 is 5.33. The lowest BCUT2D eigenvalue weighted by atomic mass is 10.0. The Kier molecular flexibility index (Phi) is 5.03. The Morgan fingerprint density at radius 2 is 1.83 bits per heavy atom. The van der Waals surface area contributed by atoms with Gasteiger partial charge in [-0.1, -0.05) is 16.8 Å². The van der Waals surface area contributed by atoms with Crippen molar-refractivity contribution < 1.29 is 9.45 Å². The molecule has 0 amide bonds. The van der Waals surface area contributed by atoms with Crippen LogP contribution >= 0.6 is 0 Å². The van der Waals surface area contributed by atoms with Gasteiger partial charge >= 0.3 is 5.69 Å². The lowest BCUT2D eigenvalue weighted by molar-refractivity contribution is -0.384. The molecule has 148 valence electrons. The zero-order valence-electron chi connectivity index (χ0n) is 16.2. The molecule has 0 aliphatic carbocycles. The molecule has 4 heterocycles. The molecule has 0 aromatic carbocycles. The molecule has 9 heteroatoms. The second kappa shape index (κ2) is 7.78. The maximum Gasteiger partial charge on any atom is 0.311 e. The summed E-state index contributed by atoms with van der Waals surface area (Å²) in [4.78, 5) is 26.1. The Labute approximate surface area is 167 Å². The molecule has 9 nitrogen and oxygen atoms in total. The first-order chi connectivity index (χ1) is 14.0. The fourth-order valence-corrected chi connectivity index (χ4v) is 3.30. The van der Waals surface area contributed by atoms with Gasteiger partial charge in [0.05, 0.1) is 4.92 Å². The van der Waals surface area contributed by atoms with E-state index in [1.54, 1.807) is 6.07 Å². The van der Waals surface area contributed by atoms with Gasteiger partial charge < -0.3 is 9.42 Å². The van der Waals surface area contributed by atoms with E-state index in [2.05, 4.69) is 20.1 Å². The van der Waals surface area contributed by atoms with Crippen LogP contribution in [0.2, 0.25) is 0 Å². The molecular formula is C20H20N6O3. The molecule has 1 saturated heterocycles. The molecule has 1 aliphatic rings. The number of rotatable bonds is 4. The summed E-state index contributed by atoms with van der Waals surface area (Å²) in [7, 11) is 0. The van der Waals surface area contributed by atoms with Gasteiger partial charge in [-0.3, -0.25) is 10.1 Å². The Balaban J connectivity index is 1.47. The Morgan fingerprint density at radius 1 is 1.07 bits per heavy atom. The van der Waals surface area contributed by atoms with Gasteiger partial charge in [0.25, 0.3) is 5.89 Å². The lowest BCUT2D eigenvalue weighted by Gasteiger charge is -2.29. The largest absolute Gasteiger partial charge is 0.350 e. The van der Waals surface area contributed by atoms with E-state index in [1.165, 1.54) is 11.6 Å². The highest BCUT2D eigenvalue weighted by Gasteiger charge is 2.24. The number of piperidine rings is 1. The number of aryl methyl sites for hydroxylation is 2. The first-order valence-electron chi connectivity index (χ1n) is 9.34. The molecule has 0 N–H and O–H groups in total. The van der Waals surface area contributed by atoms with Crippen molar-refractivity contribution in [1.82, 2.24) is 20.1 Å². The number of hydrogen-bond donors (Lipinski definition) is 0. The highest BCUT2D eigenvalue weighted by atomic mass is 16.6. The van der Waals surface area contributed by atoms with Crippen LogP contribution < -0.4 is 4.90 Å². The fraction of sp³-hybridized carbons (Fsp3) is 0.300. The van der Waals surface area contributed by atoms with Crippen LogP contribution in [-0.4, -0.2) is 38.1 Å². The standard InChI is InChI=1S/C20H20N6O3/c1-13-4-3-5-16(21-13)20-23-18(24-29-20)12-15-8-10-25(11-9-15)19-17(26(27)28)7-6-14(2)22-19/h3-7,12H,8-11H2,1-2H3. The van der Waals surface area contributed by atoms with Gasteiger partial charge in [0.2, 0.25) is 5.82 Å². The zero-order chi connectivity index (χ0) is 20.4. The zero-order valence-corrected chi connectivity index (χ0v) is 16.2. The first-order valence-corrected chi connectivity index (χ1v) is 9.34. The smallest absolute Gasteiger partial charge is 0.311 e. The number of nitrogens with zero attached hydrogens (tertiary/aromatic N) is 6. The second-order valence-corrected chi connectivity index (χ2v) is 6.96. The normalized spacial score (nSPS) is 14.1. The van der Waals surface area contributed by atoms with Crippen molar-refractivity contribution in [2.75, 3.05) is 18.0 Å². The minimum Gasteiger partial charge on any atom is -0.350 e. The van der Waals surface area contributed by atoms with Crippen molar-refractivity contribution in [1.29, 1.82) is 0 Å². The maximum absolute atomic E-state index is 11.3. The van der Waals surface area contributed by atoms with E-state index in [1.807, 2.05) is 43.0 Å². The van der Waals surface area contributed by atoms with Crippen LogP contribution in [0.5, 0.6) is 0 Å². The van der Waals surface area contributed by atoms with Crippen molar-refractivity contribution in [3.05, 3.63) is 63.2 Å². The molecule has 3 aromatic heterocycles. The number of aromatic nitrogens is 4. The Hall–Kier alpha value is -3.62. The van der Waals surface area contributed by atoms with Crippen LogP contribution in [0.4, 0.5) is 11.5 Å². The molecule has 0 atom stereocenters. The van der Waals surface area contributed by atoms with Gasteiger partial charge in [-0.2, -0.15) is 4.98 Å². The Morgan fingerprint density at radius 3 is 2.55 bits per heavy atom. The average molecular weight is 392 g/mol. The van der Waals surface area contributed by atoms with Crippen molar-refractivity contribution >= 4 is 17.6 Å². The van der Waals surface area contributed by atoms with Gasteiger partial charge in [-0.15, -0.1) is 0 Å². The summed E-state index contributed by atoms with van der Waals surface area (Å²) in [6.07, 6.45) is 3.41. The molecule has 3 aromatic rings. The lowest BCUT2D eigenvalue weighted by Crippen LogP contribution is -2.32. The van der Waals surface area contributed by atoms with Crippen LogP contribution in [0.15, 0.2) is 40.4 Å². The number of pyridine rings is 2. The summed E-state index contributed by atoms with van der Waals surface area (Å²) in [6.45, 7) is 5.03. The fourth-order valence-electron chi connectivity index (χ4n) is 3.30. The first kappa shape index (κ1) is 18.7. The average Bonchev–Trinajstić information content (AvgIpc) is 3.17. The monoisotopic (exact) mass is 392 g/mol. The quantitative estimate of drug-likeness (QED) is 0.488. The number of hydrogen-bond acceptors (Lipinski definition) is 8. The molecule has 0 bridgehead atoms. The van der Waals surface area contributed by atoms with E-state index in [9.17, 15) is 10.1 Å². The summed E-state index contributed by atoms with van der Waals surface area (Å²) >= 11 is 0. The third-order valence-corrected chi connectivity index (χ3v) is 4.78. The van der Waals surface area contributed by atoms with Crippen LogP contribution in [-0.2, 0) is 0 Å². The topological polar surface area (TPSA) is 111 Å². The van der Waals surface area contributed by atoms with E-state index in [-0.39, 0.29) is 10.6 Å². The highest BCUT2D eigenvalue weighted by molar-refractivity contribution is 5.59. The molecule has 4 rings (SSSR count). The SMILES string of the molecule is Cc1cccc(-c2nc(C=C3CCN(c4nc(C)ccc4[N+](=O)[O-])CC3)no2)n1. The van der Waals surface area contributed by atoms with Crippen LogP contribution in [0.25, 0.3) is 17.7 Å². The molecule has 0 saturated carbocycles. The predicted octanol–water partition coefficient (Wildman–Crippen LogP) is 3.74. The van der Waals surface area contributed by atoms with Crippen molar-refractivity contribution in [3.8, 4) is 11.6 Å². The van der Waals surface area contributed by atoms with E-state index >= 15 is 0 Å². The molecule has 0 unspecified atom stereocenters. The predicted molar refractivity (Wildman–Crippen MR) is 107 cm³/mol. The Bertz CT molecular complexity index is 1080. The summed E-state index contributed by atoms with van der Waals surface area (Å²) in [5.74, 6) is 1.32. The van der Waals surface area contributed by atoms with Gasteiger partial charge in [0.15, 0.2) is 5.82 Å². The van der Waals surface area contributed by atoms with Gasteiger partial charge in [0.1, 0.15) is 5.69 Å². The number of anilines is 1. The molecule has 0 radical (unpaired) electrons. The third-order valence-electron chi connectivity index (χ3n) is 4.78. The van der Waals surface area contributed by atoms with Crippen LogP contribution in [0, 0.1) is 24.0 Å². The maximum atomic E-state index is 11.3. The summed E-state index contributed by atoms with van der Waals surface area (Å²) in [5.41, 5.74) is 3.50. The molecule has 1 fully saturated rings. The molecule has 0 spiro atoms. The van der Waals surface area contributed by atoms with Crippen LogP contribution in [0.1, 0.15) is 30.1 Å². The van der Waals surface area contributed by atoms with E-state index < -0.39 is 0 Å². The van der Waals surface area contributed by atoms with Gasteiger partial charge in [-0.25, -0.2) is 9.97 Å². The highest BCUT2D eigenvalue weighted by Crippen LogP contribution is 2.30. The van der Waals surface area contributed by atoms with Gasteiger partial charge in [0, 0.05) is 30.5 Å². The minimum atomic E-state index is -0.382. The van der Waals surface area contributed by atoms with Crippen molar-refractivity contribution in [2.24, 2.45) is 0 Å². The minimum absolute atomic E-state index is 0.0384. The molecule has 1 aliphatic heterocycles. The van der Waals surface area contributed by atoms with E-state index in [0.717, 1.165) is 24.2 Å². The van der Waals surface area contributed by atoms with E-state index in [4.69, 9.17) is 4.52 Å². The summed E-state index contributed by atoms with van der Waals surface area (Å²) in [6, 6.07) is 8.81. The summed E-state index contributed by atoms with van der Waals surface area (Å²) in [5, 5.41) is 15.3. The van der Waals surface area contributed by atoms with Crippen molar-refractivity contribution in [2.45, 2.75) is 26.7 Å². The third kappa shape index (κ3) is 4.13. The van der Waals surface area contributed by atoms with E-state index in [0.29, 0.717) is 36.3 Å². The van der Waals surface area contributed by atoms with Crippen LogP contribution in [0.3, 0.4) is 0 Å². The molecular weight excluding hydrogens is 372 g/mol. The van der Waals surface area contributed by atoms with Gasteiger partial charge in [-0.05, 0) is 51.0 Å². The second-order valence-electron chi connectivity index (χ2n) is 6.96. The molecule has 29 heavy (non-hydrogen) atoms.